The Hall–Kier alpha value is -0.340. The molecule has 0 saturated carbocycles. The van der Waals surface area contributed by atoms with Crippen LogP contribution in [0.2, 0.25) is 0 Å². The van der Waals surface area contributed by atoms with Gasteiger partial charge in [0.25, 0.3) is 0 Å². The summed E-state index contributed by atoms with van der Waals surface area (Å²) in [5.74, 6) is 0. The van der Waals surface area contributed by atoms with Crippen molar-refractivity contribution < 1.29 is 0 Å². The second-order valence-corrected chi connectivity index (χ2v) is 5.11. The highest BCUT2D eigenvalue weighted by Gasteiger charge is 2.06. The molecule has 0 spiro atoms. The van der Waals surface area contributed by atoms with Crippen molar-refractivity contribution >= 4 is 15.9 Å². The maximum Gasteiger partial charge on any atom is 0.0302 e. The fourth-order valence-electron chi connectivity index (χ4n) is 1.81. The van der Waals surface area contributed by atoms with Crippen LogP contribution in [0.15, 0.2) is 28.7 Å². The van der Waals surface area contributed by atoms with E-state index >= 15 is 0 Å². The molecule has 0 aliphatic carbocycles. The smallest absolute Gasteiger partial charge is 0.0302 e. The number of unbranched alkanes of at least 4 members (excludes halogenated alkanes) is 3. The van der Waals surface area contributed by atoms with Gasteiger partial charge in [0.2, 0.25) is 0 Å². The Morgan fingerprint density at radius 3 is 2.62 bits per heavy atom. The molecule has 0 aromatic heterocycles. The lowest BCUT2D eigenvalue weighted by Gasteiger charge is -2.15. The lowest BCUT2D eigenvalue weighted by molar-refractivity contribution is 0.535. The fourth-order valence-corrected chi connectivity index (χ4v) is 2.43. The second kappa shape index (κ2) is 7.86. The van der Waals surface area contributed by atoms with Gasteiger partial charge in [0.15, 0.2) is 0 Å². The Bertz CT molecular complexity index is 299. The first-order valence-electron chi connectivity index (χ1n) is 6.23. The minimum Gasteiger partial charge on any atom is -0.310 e. The highest BCUT2D eigenvalue weighted by atomic mass is 79.9. The first kappa shape index (κ1) is 13.7. The minimum atomic E-state index is 0.428. The van der Waals surface area contributed by atoms with E-state index in [0.29, 0.717) is 6.04 Å². The Balaban J connectivity index is 2.30. The summed E-state index contributed by atoms with van der Waals surface area (Å²) in [4.78, 5) is 0. The van der Waals surface area contributed by atoms with Gasteiger partial charge in [-0.1, -0.05) is 60.3 Å². The summed E-state index contributed by atoms with van der Waals surface area (Å²) < 4.78 is 1.20. The normalized spacial score (nSPS) is 12.7. The van der Waals surface area contributed by atoms with E-state index in [1.165, 1.54) is 35.7 Å². The van der Waals surface area contributed by atoms with Gasteiger partial charge in [0.05, 0.1) is 0 Å². The number of benzene rings is 1. The van der Waals surface area contributed by atoms with Gasteiger partial charge in [-0.3, -0.25) is 0 Å². The van der Waals surface area contributed by atoms with Gasteiger partial charge in [-0.05, 0) is 31.5 Å². The molecule has 1 N–H and O–H groups in total. The van der Waals surface area contributed by atoms with Gasteiger partial charge >= 0.3 is 0 Å². The third-order valence-electron chi connectivity index (χ3n) is 2.85. The molecule has 0 radical (unpaired) electrons. The first-order valence-corrected chi connectivity index (χ1v) is 7.02. The number of hydrogen-bond donors (Lipinski definition) is 1. The van der Waals surface area contributed by atoms with E-state index in [4.69, 9.17) is 0 Å². The molecule has 0 aliphatic rings. The summed E-state index contributed by atoms with van der Waals surface area (Å²) in [5, 5.41) is 3.57. The van der Waals surface area contributed by atoms with Crippen molar-refractivity contribution in [2.45, 2.75) is 45.6 Å². The van der Waals surface area contributed by atoms with Crippen LogP contribution in [0.5, 0.6) is 0 Å². The summed E-state index contributed by atoms with van der Waals surface area (Å²) in [7, 11) is 0. The van der Waals surface area contributed by atoms with E-state index in [-0.39, 0.29) is 0 Å². The molecular weight excluding hydrogens is 262 g/mol. The molecule has 1 rings (SSSR count). The molecule has 1 aromatic carbocycles. The zero-order chi connectivity index (χ0) is 11.8. The Labute approximate surface area is 108 Å². The highest BCUT2D eigenvalue weighted by molar-refractivity contribution is 9.10. The quantitative estimate of drug-likeness (QED) is 0.717. The van der Waals surface area contributed by atoms with Crippen LogP contribution in [0.3, 0.4) is 0 Å². The van der Waals surface area contributed by atoms with Crippen molar-refractivity contribution in [2.75, 3.05) is 6.54 Å². The largest absolute Gasteiger partial charge is 0.310 e. The van der Waals surface area contributed by atoms with Crippen molar-refractivity contribution in [1.29, 1.82) is 0 Å². The summed E-state index contributed by atoms with van der Waals surface area (Å²) in [6.07, 6.45) is 5.28. The van der Waals surface area contributed by atoms with E-state index in [9.17, 15) is 0 Å². The molecule has 1 aromatic rings. The van der Waals surface area contributed by atoms with Gasteiger partial charge in [-0.25, -0.2) is 0 Å². The predicted molar refractivity (Wildman–Crippen MR) is 74.7 cm³/mol. The van der Waals surface area contributed by atoms with E-state index < -0.39 is 0 Å². The van der Waals surface area contributed by atoms with Gasteiger partial charge in [0, 0.05) is 10.5 Å². The SMILES string of the molecule is CCCCCCN[C@@H](C)c1ccccc1Br. The standard InChI is InChI=1S/C14H22BrN/c1-3-4-5-8-11-16-12(2)13-9-6-7-10-14(13)15/h6-7,9-10,12,16H,3-5,8,11H2,1-2H3/t12-/m0/s1. The molecule has 2 heteroatoms. The molecule has 16 heavy (non-hydrogen) atoms. The molecule has 1 nitrogen and oxygen atoms in total. The van der Waals surface area contributed by atoms with Crippen LogP contribution in [0.1, 0.15) is 51.1 Å². The highest BCUT2D eigenvalue weighted by Crippen LogP contribution is 2.22. The lowest BCUT2D eigenvalue weighted by Crippen LogP contribution is -2.20. The maximum absolute atomic E-state index is 3.59. The third-order valence-corrected chi connectivity index (χ3v) is 3.57. The third kappa shape index (κ3) is 4.67. The predicted octanol–water partition coefficient (Wildman–Crippen LogP) is 4.68. The molecule has 0 fully saturated rings. The van der Waals surface area contributed by atoms with Crippen LogP contribution in [0.25, 0.3) is 0 Å². The Kier molecular flexibility index (Phi) is 6.74. The van der Waals surface area contributed by atoms with Crippen LogP contribution >= 0.6 is 15.9 Å². The van der Waals surface area contributed by atoms with Gasteiger partial charge in [-0.15, -0.1) is 0 Å². The van der Waals surface area contributed by atoms with Gasteiger partial charge < -0.3 is 5.32 Å². The number of hydrogen-bond acceptors (Lipinski definition) is 1. The van der Waals surface area contributed by atoms with Crippen LogP contribution in [0, 0.1) is 0 Å². The number of halogens is 1. The van der Waals surface area contributed by atoms with Crippen LogP contribution in [-0.4, -0.2) is 6.54 Å². The van der Waals surface area contributed by atoms with E-state index in [1.807, 2.05) is 0 Å². The van der Waals surface area contributed by atoms with Crippen molar-refractivity contribution in [3.8, 4) is 0 Å². The Morgan fingerprint density at radius 2 is 1.94 bits per heavy atom. The maximum atomic E-state index is 3.59. The summed E-state index contributed by atoms with van der Waals surface area (Å²) >= 11 is 3.59. The molecule has 0 heterocycles. The molecular formula is C14H22BrN. The van der Waals surface area contributed by atoms with Crippen LogP contribution in [-0.2, 0) is 0 Å². The number of nitrogens with one attached hydrogen (secondary N) is 1. The summed E-state index contributed by atoms with van der Waals surface area (Å²) in [6, 6.07) is 8.85. The van der Waals surface area contributed by atoms with Crippen molar-refractivity contribution in [2.24, 2.45) is 0 Å². The minimum absolute atomic E-state index is 0.428. The van der Waals surface area contributed by atoms with Crippen LogP contribution in [0.4, 0.5) is 0 Å². The summed E-state index contributed by atoms with van der Waals surface area (Å²) in [5.41, 5.74) is 1.35. The molecule has 1 atom stereocenters. The monoisotopic (exact) mass is 283 g/mol. The molecule has 0 bridgehead atoms. The molecule has 90 valence electrons. The van der Waals surface area contributed by atoms with E-state index in [0.717, 1.165) is 6.54 Å². The first-order chi connectivity index (χ1) is 7.75. The van der Waals surface area contributed by atoms with Crippen molar-refractivity contribution in [3.05, 3.63) is 34.3 Å². The second-order valence-electron chi connectivity index (χ2n) is 4.26. The molecule has 0 aliphatic heterocycles. The average Bonchev–Trinajstić information content (AvgIpc) is 2.29. The fraction of sp³-hybridized carbons (Fsp3) is 0.571. The topological polar surface area (TPSA) is 12.0 Å². The van der Waals surface area contributed by atoms with Crippen molar-refractivity contribution in [1.82, 2.24) is 5.32 Å². The van der Waals surface area contributed by atoms with Crippen LogP contribution < -0.4 is 5.32 Å². The Morgan fingerprint density at radius 1 is 1.19 bits per heavy atom. The van der Waals surface area contributed by atoms with Crippen molar-refractivity contribution in [3.63, 3.8) is 0 Å². The zero-order valence-corrected chi connectivity index (χ0v) is 11.9. The van der Waals surface area contributed by atoms with E-state index in [1.54, 1.807) is 0 Å². The molecule has 0 saturated heterocycles. The lowest BCUT2D eigenvalue weighted by atomic mass is 10.1. The summed E-state index contributed by atoms with van der Waals surface area (Å²) in [6.45, 7) is 5.58. The zero-order valence-electron chi connectivity index (χ0n) is 10.3. The van der Waals surface area contributed by atoms with E-state index in [2.05, 4.69) is 59.4 Å². The van der Waals surface area contributed by atoms with Gasteiger partial charge in [-0.2, -0.15) is 0 Å². The van der Waals surface area contributed by atoms with Gasteiger partial charge in [0.1, 0.15) is 0 Å². The molecule has 0 amide bonds. The number of rotatable bonds is 7. The average molecular weight is 284 g/mol. The molecule has 0 unspecified atom stereocenters.